The predicted molar refractivity (Wildman–Crippen MR) is 88.4 cm³/mol. The maximum Gasteiger partial charge on any atom is 0.0766 e. The minimum atomic E-state index is -0.981. The van der Waals surface area contributed by atoms with Crippen molar-refractivity contribution in [2.24, 2.45) is 5.92 Å². The molecule has 0 aromatic heterocycles. The molecule has 0 saturated carbocycles. The number of allylic oxidation sites excluding steroid dienone is 2. The van der Waals surface area contributed by atoms with Gasteiger partial charge in [0.15, 0.2) is 0 Å². The van der Waals surface area contributed by atoms with Crippen molar-refractivity contribution in [3.05, 3.63) is 23.3 Å². The third-order valence-corrected chi connectivity index (χ3v) is 5.02. The molecule has 0 amide bonds. The van der Waals surface area contributed by atoms with E-state index < -0.39 is 8.07 Å². The van der Waals surface area contributed by atoms with Crippen LogP contribution in [-0.2, 0) is 4.74 Å². The molecule has 110 valence electrons. The second kappa shape index (κ2) is 7.44. The Morgan fingerprint density at radius 1 is 1.42 bits per heavy atom. The highest BCUT2D eigenvalue weighted by Gasteiger charge is 2.22. The quantitative estimate of drug-likeness (QED) is 0.447. The van der Waals surface area contributed by atoms with E-state index in [1.807, 2.05) is 0 Å². The van der Waals surface area contributed by atoms with E-state index in [-0.39, 0.29) is 0 Å². The summed E-state index contributed by atoms with van der Waals surface area (Å²) in [6.07, 6.45) is 8.82. The first-order valence-corrected chi connectivity index (χ1v) is 11.4. The monoisotopic (exact) mass is 280 g/mol. The van der Waals surface area contributed by atoms with Crippen LogP contribution in [0.5, 0.6) is 0 Å². The van der Waals surface area contributed by atoms with Gasteiger partial charge in [-0.2, -0.15) is 0 Å². The van der Waals surface area contributed by atoms with Crippen molar-refractivity contribution >= 4 is 8.07 Å². The van der Waals surface area contributed by atoms with E-state index in [9.17, 15) is 0 Å². The van der Waals surface area contributed by atoms with Crippen LogP contribution in [0.15, 0.2) is 23.3 Å². The second-order valence-electron chi connectivity index (χ2n) is 7.61. The van der Waals surface area contributed by atoms with E-state index in [0.29, 0.717) is 6.10 Å². The molecule has 0 aliphatic carbocycles. The van der Waals surface area contributed by atoms with Crippen LogP contribution in [0.2, 0.25) is 25.7 Å². The molecule has 2 atom stereocenters. The largest absolute Gasteiger partial charge is 0.370 e. The molecular formula is C17H32OSi. The lowest BCUT2D eigenvalue weighted by Gasteiger charge is -2.15. The molecule has 0 radical (unpaired) electrons. The highest BCUT2D eigenvalue weighted by atomic mass is 28.3. The zero-order valence-corrected chi connectivity index (χ0v) is 14.8. The number of ether oxygens (including phenoxy) is 1. The van der Waals surface area contributed by atoms with Crippen LogP contribution in [0, 0.1) is 5.92 Å². The van der Waals surface area contributed by atoms with Crippen molar-refractivity contribution in [2.45, 2.75) is 71.8 Å². The lowest BCUT2D eigenvalue weighted by Crippen LogP contribution is -2.20. The zero-order valence-electron chi connectivity index (χ0n) is 13.8. The van der Waals surface area contributed by atoms with Crippen LogP contribution in [0.4, 0.5) is 0 Å². The Hall–Kier alpha value is -0.343. The Balaban J connectivity index is 2.32. The second-order valence-corrected chi connectivity index (χ2v) is 13.1. The summed E-state index contributed by atoms with van der Waals surface area (Å²) in [5.41, 5.74) is 2.99. The molecule has 0 bridgehead atoms. The highest BCUT2D eigenvalue weighted by molar-refractivity contribution is 6.76. The first-order valence-electron chi connectivity index (χ1n) is 7.71. The average molecular weight is 281 g/mol. The molecule has 1 aliphatic heterocycles. The molecule has 0 fully saturated rings. The van der Waals surface area contributed by atoms with Crippen LogP contribution in [0.3, 0.4) is 0 Å². The van der Waals surface area contributed by atoms with Gasteiger partial charge in [0.2, 0.25) is 0 Å². The minimum Gasteiger partial charge on any atom is -0.370 e. The zero-order chi connectivity index (χ0) is 14.5. The summed E-state index contributed by atoms with van der Waals surface area (Å²) in [5, 5.41) is 0. The third-order valence-electron chi connectivity index (χ3n) is 3.51. The van der Waals surface area contributed by atoms with Crippen molar-refractivity contribution in [3.63, 3.8) is 0 Å². The molecule has 0 saturated heterocycles. The average Bonchev–Trinajstić information content (AvgIpc) is 2.61. The first-order chi connectivity index (χ1) is 8.76. The molecule has 0 aromatic carbocycles. The van der Waals surface area contributed by atoms with Gasteiger partial charge in [-0.15, -0.1) is 0 Å². The molecule has 0 aromatic rings. The standard InChI is InChI=1S/C17H32OSi/c1-14(2)8-7-9-15(3)10-17-11-16(12-18-17)13-19(4,5)6/h8,11,15,17H,7,9-10,12-13H2,1-6H3. The van der Waals surface area contributed by atoms with Gasteiger partial charge >= 0.3 is 0 Å². The van der Waals surface area contributed by atoms with E-state index in [2.05, 4.69) is 52.6 Å². The molecule has 1 heterocycles. The predicted octanol–water partition coefficient (Wildman–Crippen LogP) is 5.42. The summed E-state index contributed by atoms with van der Waals surface area (Å²) in [6, 6.07) is 1.30. The molecule has 1 aliphatic rings. The van der Waals surface area contributed by atoms with Gasteiger partial charge in [0.1, 0.15) is 0 Å². The van der Waals surface area contributed by atoms with Crippen molar-refractivity contribution in [2.75, 3.05) is 6.61 Å². The van der Waals surface area contributed by atoms with Gasteiger partial charge in [0, 0.05) is 8.07 Å². The van der Waals surface area contributed by atoms with E-state index >= 15 is 0 Å². The highest BCUT2D eigenvalue weighted by Crippen LogP contribution is 2.26. The Morgan fingerprint density at radius 3 is 2.68 bits per heavy atom. The smallest absolute Gasteiger partial charge is 0.0766 e. The summed E-state index contributed by atoms with van der Waals surface area (Å²) < 4.78 is 5.92. The fourth-order valence-electron chi connectivity index (χ4n) is 2.67. The lowest BCUT2D eigenvalue weighted by molar-refractivity contribution is 0.105. The summed E-state index contributed by atoms with van der Waals surface area (Å²) >= 11 is 0. The summed E-state index contributed by atoms with van der Waals surface area (Å²) in [6.45, 7) is 14.9. The molecule has 0 spiro atoms. The Morgan fingerprint density at radius 2 is 2.11 bits per heavy atom. The molecule has 1 rings (SSSR count). The van der Waals surface area contributed by atoms with Crippen molar-refractivity contribution in [1.82, 2.24) is 0 Å². The Bertz CT molecular complexity index is 332. The van der Waals surface area contributed by atoms with Crippen LogP contribution >= 0.6 is 0 Å². The Kier molecular flexibility index (Phi) is 6.55. The summed E-state index contributed by atoms with van der Waals surface area (Å²) in [7, 11) is -0.981. The maximum absolute atomic E-state index is 5.92. The van der Waals surface area contributed by atoms with Gasteiger partial charge in [-0.25, -0.2) is 0 Å². The maximum atomic E-state index is 5.92. The van der Waals surface area contributed by atoms with Gasteiger partial charge in [-0.05, 0) is 50.6 Å². The first kappa shape index (κ1) is 16.7. The normalized spacial score (nSPS) is 21.2. The molecule has 0 N–H and O–H groups in total. The third kappa shape index (κ3) is 7.73. The van der Waals surface area contributed by atoms with E-state index in [1.165, 1.54) is 30.9 Å². The van der Waals surface area contributed by atoms with Crippen LogP contribution in [-0.4, -0.2) is 20.8 Å². The van der Waals surface area contributed by atoms with Crippen molar-refractivity contribution in [1.29, 1.82) is 0 Å². The summed E-state index contributed by atoms with van der Waals surface area (Å²) in [4.78, 5) is 0. The molecule has 1 nitrogen and oxygen atoms in total. The molecule has 19 heavy (non-hydrogen) atoms. The van der Waals surface area contributed by atoms with E-state index in [1.54, 1.807) is 5.57 Å². The fraction of sp³-hybridized carbons (Fsp3) is 0.765. The van der Waals surface area contributed by atoms with E-state index in [4.69, 9.17) is 4.74 Å². The van der Waals surface area contributed by atoms with Crippen molar-refractivity contribution < 1.29 is 4.74 Å². The molecular weight excluding hydrogens is 248 g/mol. The van der Waals surface area contributed by atoms with Crippen molar-refractivity contribution in [3.8, 4) is 0 Å². The topological polar surface area (TPSA) is 9.23 Å². The van der Waals surface area contributed by atoms with Gasteiger partial charge in [-0.1, -0.05) is 44.3 Å². The van der Waals surface area contributed by atoms with Crippen LogP contribution in [0.25, 0.3) is 0 Å². The van der Waals surface area contributed by atoms with Gasteiger partial charge in [-0.3, -0.25) is 0 Å². The minimum absolute atomic E-state index is 0.382. The fourth-order valence-corrected chi connectivity index (χ4v) is 4.25. The van der Waals surface area contributed by atoms with Gasteiger partial charge in [0.25, 0.3) is 0 Å². The SMILES string of the molecule is CC(C)=CCCC(C)CC1C=C(C[Si](C)(C)C)CO1. The number of hydrogen-bond acceptors (Lipinski definition) is 1. The summed E-state index contributed by atoms with van der Waals surface area (Å²) in [5.74, 6) is 0.753. The van der Waals surface area contributed by atoms with E-state index in [0.717, 1.165) is 12.5 Å². The number of rotatable bonds is 7. The number of hydrogen-bond donors (Lipinski definition) is 0. The Labute approximate surface area is 121 Å². The van der Waals surface area contributed by atoms with Crippen LogP contribution < -0.4 is 0 Å². The van der Waals surface area contributed by atoms with Crippen LogP contribution in [0.1, 0.15) is 40.0 Å². The van der Waals surface area contributed by atoms with Gasteiger partial charge < -0.3 is 4.74 Å². The molecule has 2 heteroatoms. The lowest BCUT2D eigenvalue weighted by atomic mass is 9.97. The van der Waals surface area contributed by atoms with Gasteiger partial charge in [0.05, 0.1) is 12.7 Å². The molecule has 2 unspecified atom stereocenters.